The number of piperazine rings is 1. The van der Waals surface area contributed by atoms with Crippen LogP contribution in [0.25, 0.3) is 0 Å². The van der Waals surface area contributed by atoms with Crippen molar-refractivity contribution in [1.29, 1.82) is 0 Å². The fourth-order valence-corrected chi connectivity index (χ4v) is 3.95. The summed E-state index contributed by atoms with van der Waals surface area (Å²) in [7, 11) is 2.04. The molecule has 1 aliphatic carbocycles. The quantitative estimate of drug-likeness (QED) is 0.905. The third-order valence-corrected chi connectivity index (χ3v) is 6.41. The van der Waals surface area contributed by atoms with E-state index in [4.69, 9.17) is 0 Å². The fourth-order valence-electron chi connectivity index (χ4n) is 3.49. The molecule has 4 nitrogen and oxygen atoms in total. The number of halogens is 1. The van der Waals surface area contributed by atoms with Crippen LogP contribution in [-0.2, 0) is 13.6 Å². The molecule has 1 N–H and O–H groups in total. The van der Waals surface area contributed by atoms with Crippen molar-refractivity contribution in [1.82, 2.24) is 20.0 Å². The van der Waals surface area contributed by atoms with Gasteiger partial charge in [-0.05, 0) is 62.4 Å². The van der Waals surface area contributed by atoms with Crippen LogP contribution in [0.5, 0.6) is 0 Å². The summed E-state index contributed by atoms with van der Waals surface area (Å²) < 4.78 is 3.18. The van der Waals surface area contributed by atoms with Gasteiger partial charge in [-0.3, -0.25) is 9.58 Å². The zero-order valence-electron chi connectivity index (χ0n) is 13.8. The van der Waals surface area contributed by atoms with Crippen LogP contribution in [0.2, 0.25) is 0 Å². The van der Waals surface area contributed by atoms with Crippen molar-refractivity contribution in [2.24, 2.45) is 13.0 Å². The number of nitrogens with one attached hydrogen (secondary N) is 1. The highest BCUT2D eigenvalue weighted by Gasteiger charge is 2.48. The number of hydrogen-bond donors (Lipinski definition) is 1. The second-order valence-electron chi connectivity index (χ2n) is 7.68. The van der Waals surface area contributed by atoms with Crippen molar-refractivity contribution >= 4 is 15.9 Å². The lowest BCUT2D eigenvalue weighted by atomic mass is 9.86. The Bertz CT molecular complexity index is 547. The first-order valence-corrected chi connectivity index (χ1v) is 8.70. The van der Waals surface area contributed by atoms with E-state index in [9.17, 15) is 0 Å². The van der Waals surface area contributed by atoms with Crippen molar-refractivity contribution in [2.75, 3.05) is 13.1 Å². The van der Waals surface area contributed by atoms with Crippen molar-refractivity contribution in [3.8, 4) is 0 Å². The molecule has 21 heavy (non-hydrogen) atoms. The first-order chi connectivity index (χ1) is 9.73. The molecule has 1 atom stereocenters. The van der Waals surface area contributed by atoms with Gasteiger partial charge in [-0.25, -0.2) is 0 Å². The van der Waals surface area contributed by atoms with Crippen LogP contribution < -0.4 is 5.32 Å². The zero-order valence-corrected chi connectivity index (χ0v) is 15.4. The second-order valence-corrected chi connectivity index (χ2v) is 8.48. The van der Waals surface area contributed by atoms with Crippen molar-refractivity contribution < 1.29 is 0 Å². The Kier molecular flexibility index (Phi) is 3.74. The molecule has 1 saturated carbocycles. The SMILES string of the molecule is Cc1nn(C)c(CN2CC(C)(C3CC3)NCC2(C)C)c1Br. The largest absolute Gasteiger partial charge is 0.308 e. The lowest BCUT2D eigenvalue weighted by Crippen LogP contribution is -2.67. The van der Waals surface area contributed by atoms with E-state index < -0.39 is 0 Å². The predicted molar refractivity (Wildman–Crippen MR) is 89.3 cm³/mol. The van der Waals surface area contributed by atoms with Gasteiger partial charge in [0.25, 0.3) is 0 Å². The Hall–Kier alpha value is -0.390. The number of hydrogen-bond acceptors (Lipinski definition) is 3. The van der Waals surface area contributed by atoms with E-state index in [1.807, 2.05) is 11.7 Å². The summed E-state index contributed by atoms with van der Waals surface area (Å²) in [5.74, 6) is 0.854. The number of nitrogens with zero attached hydrogens (tertiary/aromatic N) is 3. The molecule has 0 radical (unpaired) electrons. The maximum Gasteiger partial charge on any atom is 0.0739 e. The molecule has 1 aliphatic heterocycles. The van der Waals surface area contributed by atoms with Gasteiger partial charge in [0, 0.05) is 37.8 Å². The van der Waals surface area contributed by atoms with Gasteiger partial charge >= 0.3 is 0 Å². The monoisotopic (exact) mass is 354 g/mol. The third kappa shape index (κ3) is 2.80. The minimum atomic E-state index is 0.173. The van der Waals surface area contributed by atoms with E-state index in [0.717, 1.165) is 35.7 Å². The fraction of sp³-hybridized carbons (Fsp3) is 0.812. The molecule has 1 aromatic heterocycles. The van der Waals surface area contributed by atoms with E-state index >= 15 is 0 Å². The van der Waals surface area contributed by atoms with Gasteiger partial charge in [-0.1, -0.05) is 0 Å². The van der Waals surface area contributed by atoms with Crippen molar-refractivity contribution in [3.05, 3.63) is 15.9 Å². The maximum absolute atomic E-state index is 4.54. The lowest BCUT2D eigenvalue weighted by Gasteiger charge is -2.51. The second kappa shape index (κ2) is 5.07. The molecule has 1 saturated heterocycles. The standard InChI is InChI=1S/C16H27BrN4/c1-11-14(17)13(20(5)19-11)8-21-10-16(4,12-6-7-12)18-9-15(21,2)3/h12,18H,6-10H2,1-5H3. The Labute approximate surface area is 136 Å². The highest BCUT2D eigenvalue weighted by molar-refractivity contribution is 9.10. The van der Waals surface area contributed by atoms with E-state index in [2.05, 4.69) is 58.9 Å². The molecule has 3 rings (SSSR count). The smallest absolute Gasteiger partial charge is 0.0739 e. The first-order valence-electron chi connectivity index (χ1n) is 7.91. The summed E-state index contributed by atoms with van der Waals surface area (Å²) in [6.45, 7) is 12.2. The van der Waals surface area contributed by atoms with Crippen LogP contribution in [0, 0.1) is 12.8 Å². The summed E-state index contributed by atoms with van der Waals surface area (Å²) in [5.41, 5.74) is 2.80. The maximum atomic E-state index is 4.54. The molecule has 0 bridgehead atoms. The van der Waals surface area contributed by atoms with Crippen LogP contribution in [-0.4, -0.2) is 38.8 Å². The van der Waals surface area contributed by atoms with Crippen LogP contribution in [0.15, 0.2) is 4.47 Å². The number of rotatable bonds is 3. The van der Waals surface area contributed by atoms with E-state index in [0.29, 0.717) is 0 Å². The minimum absolute atomic E-state index is 0.173. The van der Waals surface area contributed by atoms with Crippen LogP contribution in [0.1, 0.15) is 45.0 Å². The highest BCUT2D eigenvalue weighted by Crippen LogP contribution is 2.43. The van der Waals surface area contributed by atoms with Crippen molar-refractivity contribution in [2.45, 2.75) is 58.2 Å². The summed E-state index contributed by atoms with van der Waals surface area (Å²) in [6.07, 6.45) is 2.76. The van der Waals surface area contributed by atoms with Gasteiger partial charge in [0.1, 0.15) is 0 Å². The molecule has 1 unspecified atom stereocenters. The average Bonchev–Trinajstić information content (AvgIpc) is 3.20. The van der Waals surface area contributed by atoms with Crippen LogP contribution in [0.4, 0.5) is 0 Å². The molecule has 118 valence electrons. The summed E-state index contributed by atoms with van der Waals surface area (Å²) in [4.78, 5) is 2.63. The van der Waals surface area contributed by atoms with Gasteiger partial charge < -0.3 is 5.32 Å². The first kappa shape index (κ1) is 15.5. The van der Waals surface area contributed by atoms with E-state index in [1.165, 1.54) is 18.5 Å². The summed E-state index contributed by atoms with van der Waals surface area (Å²) in [6, 6.07) is 0. The molecule has 5 heteroatoms. The molecular weight excluding hydrogens is 328 g/mol. The van der Waals surface area contributed by atoms with Gasteiger partial charge in [0.15, 0.2) is 0 Å². The predicted octanol–water partition coefficient (Wildman–Crippen LogP) is 2.84. The third-order valence-electron chi connectivity index (χ3n) is 5.38. The number of aryl methyl sites for hydroxylation is 2. The van der Waals surface area contributed by atoms with E-state index in [1.54, 1.807) is 0 Å². The molecule has 0 spiro atoms. The molecule has 2 fully saturated rings. The molecule has 2 aliphatic rings. The summed E-state index contributed by atoms with van der Waals surface area (Å²) >= 11 is 3.71. The molecule has 0 amide bonds. The Morgan fingerprint density at radius 3 is 2.52 bits per heavy atom. The van der Waals surface area contributed by atoms with Crippen molar-refractivity contribution in [3.63, 3.8) is 0 Å². The minimum Gasteiger partial charge on any atom is -0.308 e. The zero-order chi connectivity index (χ0) is 15.4. The van der Waals surface area contributed by atoms with Gasteiger partial charge in [-0.2, -0.15) is 5.10 Å². The summed E-state index contributed by atoms with van der Waals surface area (Å²) in [5, 5.41) is 8.36. The average molecular weight is 355 g/mol. The van der Waals surface area contributed by atoms with Crippen LogP contribution >= 0.6 is 15.9 Å². The van der Waals surface area contributed by atoms with Gasteiger partial charge in [0.05, 0.1) is 15.9 Å². The Morgan fingerprint density at radius 1 is 1.33 bits per heavy atom. The lowest BCUT2D eigenvalue weighted by molar-refractivity contribution is 0.0160. The molecular formula is C16H27BrN4. The van der Waals surface area contributed by atoms with Gasteiger partial charge in [-0.15, -0.1) is 0 Å². The van der Waals surface area contributed by atoms with Gasteiger partial charge in [0.2, 0.25) is 0 Å². The molecule has 1 aromatic rings. The van der Waals surface area contributed by atoms with Crippen LogP contribution in [0.3, 0.4) is 0 Å². The highest BCUT2D eigenvalue weighted by atomic mass is 79.9. The van der Waals surface area contributed by atoms with E-state index in [-0.39, 0.29) is 11.1 Å². The Balaban J connectivity index is 1.84. The normalized spacial score (nSPS) is 29.8. The molecule has 2 heterocycles. The number of aromatic nitrogens is 2. The Morgan fingerprint density at radius 2 is 2.00 bits per heavy atom. The topological polar surface area (TPSA) is 33.1 Å². The molecule has 0 aromatic carbocycles.